The van der Waals surface area contributed by atoms with Gasteiger partial charge >= 0.3 is 0 Å². The molecule has 6 heteroatoms. The quantitative estimate of drug-likeness (QED) is 0.325. The summed E-state index contributed by atoms with van der Waals surface area (Å²) in [4.78, 5) is 2.34. The molecule has 3 aromatic rings. The van der Waals surface area contributed by atoms with Crippen LogP contribution >= 0.6 is 11.6 Å². The molecule has 1 fully saturated rings. The van der Waals surface area contributed by atoms with Crippen LogP contribution in [0.3, 0.4) is 0 Å². The zero-order chi connectivity index (χ0) is 23.2. The molecule has 5 nitrogen and oxygen atoms in total. The second kappa shape index (κ2) is 11.0. The number of benzene rings is 2. The molecular formula is C27H32ClN3O2. The van der Waals surface area contributed by atoms with E-state index in [4.69, 9.17) is 21.4 Å². The molecule has 1 aliphatic rings. The first kappa shape index (κ1) is 23.6. The molecule has 1 aromatic heterocycles. The molecule has 1 saturated carbocycles. The maximum atomic E-state index is 10.6. The molecule has 4 rings (SSSR count). The highest BCUT2D eigenvalue weighted by molar-refractivity contribution is 6.30. The predicted molar refractivity (Wildman–Crippen MR) is 133 cm³/mol. The largest absolute Gasteiger partial charge is 0.439 e. The zero-order valence-corrected chi connectivity index (χ0v) is 19.9. The average molecular weight is 466 g/mol. The summed E-state index contributed by atoms with van der Waals surface area (Å²) in [6.45, 7) is 8.04. The first-order valence-corrected chi connectivity index (χ1v) is 12.0. The van der Waals surface area contributed by atoms with Crippen LogP contribution in [0.2, 0.25) is 5.02 Å². The van der Waals surface area contributed by atoms with Crippen molar-refractivity contribution in [2.24, 2.45) is 5.92 Å². The lowest BCUT2D eigenvalue weighted by atomic mass is 10.1. The molecule has 174 valence electrons. The number of hydrogen-bond donors (Lipinski definition) is 1. The van der Waals surface area contributed by atoms with E-state index >= 15 is 0 Å². The van der Waals surface area contributed by atoms with Crippen LogP contribution in [0.1, 0.15) is 36.9 Å². The summed E-state index contributed by atoms with van der Waals surface area (Å²) in [5.41, 5.74) is 2.78. The van der Waals surface area contributed by atoms with Crippen molar-refractivity contribution in [1.82, 2.24) is 14.7 Å². The summed E-state index contributed by atoms with van der Waals surface area (Å²) < 4.78 is 8.23. The summed E-state index contributed by atoms with van der Waals surface area (Å²) in [5, 5.41) is 16.1. The molecule has 1 atom stereocenters. The zero-order valence-electron chi connectivity index (χ0n) is 19.2. The first-order chi connectivity index (χ1) is 16.0. The Labute approximate surface area is 201 Å². The molecule has 2 aromatic carbocycles. The first-order valence-electron chi connectivity index (χ1n) is 11.6. The summed E-state index contributed by atoms with van der Waals surface area (Å²) in [5.74, 6) is 2.14. The van der Waals surface area contributed by atoms with Crippen LogP contribution in [0.5, 0.6) is 11.6 Å². The molecule has 0 bridgehead atoms. The molecule has 0 aliphatic heterocycles. The van der Waals surface area contributed by atoms with Gasteiger partial charge in [-0.15, -0.1) is 6.58 Å². The molecule has 0 amide bonds. The fourth-order valence-electron chi connectivity index (χ4n) is 4.00. The van der Waals surface area contributed by atoms with Gasteiger partial charge < -0.3 is 9.84 Å². The number of nitrogens with zero attached hydrogens (tertiary/aromatic N) is 3. The van der Waals surface area contributed by atoms with Gasteiger partial charge in [-0.25, -0.2) is 4.68 Å². The number of aliphatic hydroxyl groups excluding tert-OH is 1. The Hall–Kier alpha value is -2.60. The van der Waals surface area contributed by atoms with Gasteiger partial charge in [0, 0.05) is 24.7 Å². The monoisotopic (exact) mass is 465 g/mol. The number of halogens is 1. The number of ether oxygens (including phenoxy) is 1. The maximum Gasteiger partial charge on any atom is 0.227 e. The van der Waals surface area contributed by atoms with E-state index in [0.717, 1.165) is 42.1 Å². The van der Waals surface area contributed by atoms with Crippen molar-refractivity contribution in [3.63, 3.8) is 0 Å². The Balaban J connectivity index is 1.67. The molecule has 0 spiro atoms. The predicted octanol–water partition coefficient (Wildman–Crippen LogP) is 6.17. The van der Waals surface area contributed by atoms with Crippen molar-refractivity contribution < 1.29 is 9.84 Å². The van der Waals surface area contributed by atoms with Gasteiger partial charge in [0.05, 0.1) is 23.0 Å². The van der Waals surface area contributed by atoms with Gasteiger partial charge in [-0.05, 0) is 68.9 Å². The van der Waals surface area contributed by atoms with Crippen LogP contribution in [-0.4, -0.2) is 39.0 Å². The van der Waals surface area contributed by atoms with E-state index in [9.17, 15) is 5.11 Å². The number of aromatic nitrogens is 2. The molecule has 33 heavy (non-hydrogen) atoms. The van der Waals surface area contributed by atoms with E-state index in [2.05, 4.69) is 11.5 Å². The Morgan fingerprint density at radius 1 is 1.24 bits per heavy atom. The van der Waals surface area contributed by atoms with Crippen LogP contribution in [0, 0.1) is 12.8 Å². The molecule has 0 radical (unpaired) electrons. The number of aliphatic hydroxyl groups is 1. The van der Waals surface area contributed by atoms with Crippen molar-refractivity contribution in [2.45, 2.75) is 45.3 Å². The fourth-order valence-corrected chi connectivity index (χ4v) is 4.19. The Bertz CT molecular complexity index is 1060. The third kappa shape index (κ3) is 6.47. The van der Waals surface area contributed by atoms with Crippen molar-refractivity contribution in [2.75, 3.05) is 13.1 Å². The van der Waals surface area contributed by atoms with Gasteiger partial charge in [0.25, 0.3) is 0 Å². The summed E-state index contributed by atoms with van der Waals surface area (Å²) >= 11 is 6.28. The number of para-hydroxylation sites is 1. The second-order valence-corrected chi connectivity index (χ2v) is 9.27. The van der Waals surface area contributed by atoms with Gasteiger partial charge in [-0.1, -0.05) is 41.9 Å². The van der Waals surface area contributed by atoms with Crippen LogP contribution in [-0.2, 0) is 6.54 Å². The third-order valence-electron chi connectivity index (χ3n) is 5.92. The highest BCUT2D eigenvalue weighted by Gasteiger charge is 2.28. The molecule has 1 N–H and O–H groups in total. The van der Waals surface area contributed by atoms with Crippen molar-refractivity contribution in [3.8, 4) is 17.3 Å². The smallest absolute Gasteiger partial charge is 0.227 e. The molecule has 0 unspecified atom stereocenters. The van der Waals surface area contributed by atoms with Crippen molar-refractivity contribution >= 4 is 11.6 Å². The normalized spacial score (nSPS) is 14.4. The summed E-state index contributed by atoms with van der Waals surface area (Å²) in [7, 11) is 0. The second-order valence-electron chi connectivity index (χ2n) is 8.83. The average Bonchev–Trinajstić information content (AvgIpc) is 3.57. The van der Waals surface area contributed by atoms with E-state index in [1.807, 2.05) is 72.3 Å². The Kier molecular flexibility index (Phi) is 7.86. The summed E-state index contributed by atoms with van der Waals surface area (Å²) in [6.07, 6.45) is 5.52. The van der Waals surface area contributed by atoms with Crippen molar-refractivity contribution in [1.29, 1.82) is 0 Å². The van der Waals surface area contributed by atoms with Gasteiger partial charge in [0.1, 0.15) is 5.75 Å². The molecular weight excluding hydrogens is 434 g/mol. The minimum Gasteiger partial charge on any atom is -0.439 e. The molecule has 0 saturated heterocycles. The lowest BCUT2D eigenvalue weighted by Gasteiger charge is -2.25. The van der Waals surface area contributed by atoms with Crippen molar-refractivity contribution in [3.05, 3.63) is 83.5 Å². The van der Waals surface area contributed by atoms with Gasteiger partial charge in [-0.2, -0.15) is 5.10 Å². The van der Waals surface area contributed by atoms with Gasteiger partial charge in [0.2, 0.25) is 5.88 Å². The highest BCUT2D eigenvalue weighted by Crippen LogP contribution is 2.34. The SMILES string of the molecule is C=CCC[C@H](O)CN(Cc1c(C)nn(-c2cccc(Cl)c2)c1Oc1ccccc1)CC1CC1. The Morgan fingerprint density at radius 2 is 2.03 bits per heavy atom. The third-order valence-corrected chi connectivity index (χ3v) is 6.15. The van der Waals surface area contributed by atoms with Crippen LogP contribution < -0.4 is 4.74 Å². The van der Waals surface area contributed by atoms with Crippen LogP contribution in [0.4, 0.5) is 0 Å². The van der Waals surface area contributed by atoms with E-state index in [1.165, 1.54) is 12.8 Å². The number of allylic oxidation sites excluding steroid dienone is 1. The lowest BCUT2D eigenvalue weighted by molar-refractivity contribution is 0.0991. The number of aryl methyl sites for hydroxylation is 1. The minimum atomic E-state index is -0.386. The summed E-state index contributed by atoms with van der Waals surface area (Å²) in [6, 6.07) is 17.4. The van der Waals surface area contributed by atoms with Gasteiger partial charge in [0.15, 0.2) is 0 Å². The maximum absolute atomic E-state index is 10.6. The van der Waals surface area contributed by atoms with Crippen LogP contribution in [0.25, 0.3) is 5.69 Å². The molecule has 1 heterocycles. The highest BCUT2D eigenvalue weighted by atomic mass is 35.5. The van der Waals surface area contributed by atoms with Crippen LogP contribution in [0.15, 0.2) is 67.3 Å². The van der Waals surface area contributed by atoms with E-state index in [-0.39, 0.29) is 6.10 Å². The number of rotatable bonds is 12. The lowest BCUT2D eigenvalue weighted by Crippen LogP contribution is -2.34. The topological polar surface area (TPSA) is 50.5 Å². The standard InChI is InChI=1S/C27H32ClN3O2/c1-3-4-11-24(32)18-30(17-21-14-15-21)19-26-20(2)29-31(23-10-8-9-22(28)16-23)27(26)33-25-12-6-5-7-13-25/h3,5-10,12-13,16,21,24,32H,1,4,11,14-15,17-19H2,2H3/t24-/m0/s1. The van der Waals surface area contributed by atoms with E-state index in [1.54, 1.807) is 0 Å². The molecule has 1 aliphatic carbocycles. The van der Waals surface area contributed by atoms with E-state index in [0.29, 0.717) is 29.9 Å². The van der Waals surface area contributed by atoms with Gasteiger partial charge in [-0.3, -0.25) is 4.90 Å². The number of hydrogen-bond acceptors (Lipinski definition) is 4. The van der Waals surface area contributed by atoms with E-state index < -0.39 is 0 Å². The Morgan fingerprint density at radius 3 is 2.73 bits per heavy atom. The fraction of sp³-hybridized carbons (Fsp3) is 0.370. The minimum absolute atomic E-state index is 0.386.